The van der Waals surface area contributed by atoms with E-state index in [4.69, 9.17) is 5.26 Å². The summed E-state index contributed by atoms with van der Waals surface area (Å²) in [6, 6.07) is 18.9. The van der Waals surface area contributed by atoms with Crippen molar-refractivity contribution in [3.8, 4) is 6.07 Å². The van der Waals surface area contributed by atoms with Crippen LogP contribution in [-0.2, 0) is 0 Å². The molecule has 0 radical (unpaired) electrons. The highest BCUT2D eigenvalue weighted by molar-refractivity contribution is 5.59. The summed E-state index contributed by atoms with van der Waals surface area (Å²) < 4.78 is 0. The maximum Gasteiger partial charge on any atom is 0.249 e. The Balaban J connectivity index is 1.78. The fourth-order valence-electron chi connectivity index (χ4n) is 1.88. The van der Waals surface area contributed by atoms with Crippen LogP contribution in [0.4, 0.5) is 23.1 Å². The fraction of sp³-hybridized carbons (Fsp3) is 0. The van der Waals surface area contributed by atoms with Gasteiger partial charge in [-0.2, -0.15) is 15.3 Å². The molecule has 0 saturated carbocycles. The maximum atomic E-state index is 8.90. The lowest BCUT2D eigenvalue weighted by Crippen LogP contribution is -2.02. The molecular formula is C16H12N6. The van der Waals surface area contributed by atoms with E-state index in [1.165, 1.54) is 0 Å². The van der Waals surface area contributed by atoms with Gasteiger partial charge in [0.25, 0.3) is 0 Å². The molecule has 2 aromatic carbocycles. The molecule has 0 spiro atoms. The van der Waals surface area contributed by atoms with Crippen LogP contribution in [0.2, 0.25) is 0 Å². The minimum absolute atomic E-state index is 0.357. The summed E-state index contributed by atoms with van der Waals surface area (Å²) in [5, 5.41) is 22.9. The molecule has 0 aliphatic carbocycles. The summed E-state index contributed by atoms with van der Waals surface area (Å²) in [7, 11) is 0. The van der Waals surface area contributed by atoms with E-state index in [0.29, 0.717) is 17.3 Å². The molecule has 6 nitrogen and oxygen atoms in total. The van der Waals surface area contributed by atoms with Gasteiger partial charge in [-0.1, -0.05) is 24.3 Å². The summed E-state index contributed by atoms with van der Waals surface area (Å²) in [6.07, 6.45) is 1.55. The van der Waals surface area contributed by atoms with Gasteiger partial charge in [0.2, 0.25) is 5.95 Å². The van der Waals surface area contributed by atoms with Gasteiger partial charge in [0.05, 0.1) is 17.8 Å². The summed E-state index contributed by atoms with van der Waals surface area (Å²) in [5.41, 5.74) is 2.22. The van der Waals surface area contributed by atoms with Crippen molar-refractivity contribution in [2.24, 2.45) is 0 Å². The van der Waals surface area contributed by atoms with E-state index < -0.39 is 0 Å². The Kier molecular flexibility index (Phi) is 3.89. The molecule has 0 bridgehead atoms. The van der Waals surface area contributed by atoms with Crippen LogP contribution in [0.3, 0.4) is 0 Å². The van der Waals surface area contributed by atoms with Crippen LogP contribution >= 0.6 is 0 Å². The highest BCUT2D eigenvalue weighted by Crippen LogP contribution is 2.17. The molecule has 3 rings (SSSR count). The Hall–Kier alpha value is -3.46. The minimum Gasteiger partial charge on any atom is -0.339 e. The van der Waals surface area contributed by atoms with Crippen LogP contribution in [0.15, 0.2) is 60.8 Å². The van der Waals surface area contributed by atoms with Gasteiger partial charge in [-0.3, -0.25) is 0 Å². The number of hydrogen-bond donors (Lipinski definition) is 2. The second-order valence-corrected chi connectivity index (χ2v) is 4.47. The number of anilines is 4. The van der Waals surface area contributed by atoms with E-state index in [2.05, 4.69) is 31.9 Å². The van der Waals surface area contributed by atoms with Crippen molar-refractivity contribution in [1.82, 2.24) is 15.2 Å². The first-order chi connectivity index (χ1) is 10.8. The first kappa shape index (κ1) is 13.5. The maximum absolute atomic E-state index is 8.90. The highest BCUT2D eigenvalue weighted by Gasteiger charge is 2.02. The standard InChI is InChI=1S/C16H12N6/c17-10-12-5-4-8-14(9-12)20-16-21-15(11-18-22-16)19-13-6-2-1-3-7-13/h1-9,11H,(H2,19,20,21,22). The molecule has 0 amide bonds. The second kappa shape index (κ2) is 6.33. The lowest BCUT2D eigenvalue weighted by atomic mass is 10.2. The number of benzene rings is 2. The van der Waals surface area contributed by atoms with E-state index >= 15 is 0 Å². The smallest absolute Gasteiger partial charge is 0.249 e. The topological polar surface area (TPSA) is 86.5 Å². The minimum atomic E-state index is 0.357. The zero-order chi connectivity index (χ0) is 15.2. The summed E-state index contributed by atoms with van der Waals surface area (Å²) in [5.74, 6) is 0.941. The van der Waals surface area contributed by atoms with Crippen LogP contribution in [0.25, 0.3) is 0 Å². The first-order valence-electron chi connectivity index (χ1n) is 6.62. The predicted molar refractivity (Wildman–Crippen MR) is 84.0 cm³/mol. The van der Waals surface area contributed by atoms with Crippen molar-refractivity contribution in [3.05, 3.63) is 66.4 Å². The van der Waals surface area contributed by atoms with Crippen LogP contribution in [-0.4, -0.2) is 15.2 Å². The van der Waals surface area contributed by atoms with E-state index in [1.807, 2.05) is 36.4 Å². The van der Waals surface area contributed by atoms with Gasteiger partial charge in [-0.15, -0.1) is 5.10 Å². The molecule has 0 unspecified atom stereocenters. The average Bonchev–Trinajstić information content (AvgIpc) is 2.56. The van der Waals surface area contributed by atoms with Gasteiger partial charge >= 0.3 is 0 Å². The molecule has 0 saturated heterocycles. The van der Waals surface area contributed by atoms with Crippen molar-refractivity contribution in [2.45, 2.75) is 0 Å². The Bertz CT molecular complexity index is 810. The molecule has 0 fully saturated rings. The molecule has 2 N–H and O–H groups in total. The normalized spacial score (nSPS) is 9.77. The third kappa shape index (κ3) is 3.35. The van der Waals surface area contributed by atoms with Gasteiger partial charge in [0, 0.05) is 11.4 Å². The monoisotopic (exact) mass is 288 g/mol. The zero-order valence-electron chi connectivity index (χ0n) is 11.6. The highest BCUT2D eigenvalue weighted by atomic mass is 15.3. The van der Waals surface area contributed by atoms with Crippen LogP contribution in [0.5, 0.6) is 0 Å². The Morgan fingerprint density at radius 2 is 1.73 bits per heavy atom. The number of rotatable bonds is 4. The van der Waals surface area contributed by atoms with Crippen molar-refractivity contribution in [1.29, 1.82) is 5.26 Å². The van der Waals surface area contributed by atoms with Crippen LogP contribution < -0.4 is 10.6 Å². The number of aromatic nitrogens is 3. The van der Waals surface area contributed by atoms with Crippen molar-refractivity contribution >= 4 is 23.1 Å². The first-order valence-corrected chi connectivity index (χ1v) is 6.62. The fourth-order valence-corrected chi connectivity index (χ4v) is 1.88. The molecule has 1 heterocycles. The zero-order valence-corrected chi connectivity index (χ0v) is 11.6. The summed E-state index contributed by atoms with van der Waals surface area (Å²) in [4.78, 5) is 4.34. The third-order valence-corrected chi connectivity index (χ3v) is 2.85. The predicted octanol–water partition coefficient (Wildman–Crippen LogP) is 3.23. The van der Waals surface area contributed by atoms with Gasteiger partial charge < -0.3 is 10.6 Å². The number of hydrogen-bond acceptors (Lipinski definition) is 6. The molecule has 106 valence electrons. The van der Waals surface area contributed by atoms with Crippen molar-refractivity contribution in [3.63, 3.8) is 0 Å². The molecular weight excluding hydrogens is 276 g/mol. The number of nitrogens with zero attached hydrogens (tertiary/aromatic N) is 4. The molecule has 6 heteroatoms. The quantitative estimate of drug-likeness (QED) is 0.766. The molecule has 3 aromatic rings. The summed E-state index contributed by atoms with van der Waals surface area (Å²) >= 11 is 0. The molecule has 22 heavy (non-hydrogen) atoms. The number of nitriles is 1. The number of para-hydroxylation sites is 1. The average molecular weight is 288 g/mol. The van der Waals surface area contributed by atoms with Crippen LogP contribution in [0.1, 0.15) is 5.56 Å². The van der Waals surface area contributed by atoms with E-state index in [-0.39, 0.29) is 0 Å². The lowest BCUT2D eigenvalue weighted by molar-refractivity contribution is 0.982. The van der Waals surface area contributed by atoms with E-state index in [0.717, 1.165) is 11.4 Å². The van der Waals surface area contributed by atoms with Gasteiger partial charge in [0.1, 0.15) is 0 Å². The van der Waals surface area contributed by atoms with E-state index in [1.54, 1.807) is 24.4 Å². The lowest BCUT2D eigenvalue weighted by Gasteiger charge is -2.07. The Morgan fingerprint density at radius 1 is 0.909 bits per heavy atom. The molecule has 0 aliphatic rings. The van der Waals surface area contributed by atoms with Gasteiger partial charge in [0.15, 0.2) is 5.82 Å². The van der Waals surface area contributed by atoms with E-state index in [9.17, 15) is 0 Å². The number of nitrogens with one attached hydrogen (secondary N) is 2. The third-order valence-electron chi connectivity index (χ3n) is 2.85. The van der Waals surface area contributed by atoms with Gasteiger partial charge in [-0.25, -0.2) is 0 Å². The molecule has 1 aromatic heterocycles. The molecule has 0 atom stereocenters. The van der Waals surface area contributed by atoms with Crippen molar-refractivity contribution < 1.29 is 0 Å². The SMILES string of the molecule is N#Cc1cccc(Nc2nncc(Nc3ccccc3)n2)c1. The summed E-state index contributed by atoms with van der Waals surface area (Å²) in [6.45, 7) is 0. The van der Waals surface area contributed by atoms with Crippen LogP contribution in [0, 0.1) is 11.3 Å². The Labute approximate surface area is 127 Å². The van der Waals surface area contributed by atoms with Crippen molar-refractivity contribution in [2.75, 3.05) is 10.6 Å². The second-order valence-electron chi connectivity index (χ2n) is 4.47. The Morgan fingerprint density at radius 3 is 2.55 bits per heavy atom. The largest absolute Gasteiger partial charge is 0.339 e. The molecule has 0 aliphatic heterocycles. The van der Waals surface area contributed by atoms with Gasteiger partial charge in [-0.05, 0) is 30.3 Å².